The Morgan fingerprint density at radius 1 is 0.659 bits per heavy atom. The highest BCUT2D eigenvalue weighted by Crippen LogP contribution is 2.17. The Morgan fingerprint density at radius 2 is 1.34 bits per heavy atom. The molecule has 4 aromatic rings. The van der Waals surface area contributed by atoms with E-state index in [1.54, 1.807) is 0 Å². The lowest BCUT2D eigenvalue weighted by Crippen LogP contribution is -2.32. The molecule has 5 heteroatoms. The molecule has 5 nitrogen and oxygen atoms in total. The van der Waals surface area contributed by atoms with E-state index in [0.717, 1.165) is 67.9 Å². The maximum atomic E-state index is 13.2. The zero-order chi connectivity index (χ0) is 28.5. The van der Waals surface area contributed by atoms with Gasteiger partial charge in [-0.1, -0.05) is 91.3 Å². The molecule has 0 unspecified atom stereocenters. The van der Waals surface area contributed by atoms with E-state index in [-0.39, 0.29) is 5.91 Å². The van der Waals surface area contributed by atoms with Gasteiger partial charge in [-0.15, -0.1) is 0 Å². The van der Waals surface area contributed by atoms with Crippen molar-refractivity contribution >= 4 is 11.6 Å². The number of unbranched alkanes of at least 4 members (excludes halogenated alkanes) is 2. The lowest BCUT2D eigenvalue weighted by atomic mass is 10.1. The highest BCUT2D eigenvalue weighted by atomic mass is 16.5. The summed E-state index contributed by atoms with van der Waals surface area (Å²) in [5.74, 6) is 1.03. The SMILES string of the molecule is Nc1cccc(COc2ccc(CCN(Cc3ccccc3)C(=O)CCCCCOCCc3ccccc3)cc2)c1. The van der Waals surface area contributed by atoms with Crippen molar-refractivity contribution in [2.75, 3.05) is 25.5 Å². The molecule has 0 radical (unpaired) electrons. The van der Waals surface area contributed by atoms with Crippen LogP contribution in [0, 0.1) is 0 Å². The molecule has 0 aliphatic rings. The van der Waals surface area contributed by atoms with Gasteiger partial charge in [0.05, 0.1) is 6.61 Å². The molecule has 0 heterocycles. The number of carbonyl (C=O) groups is 1. The highest BCUT2D eigenvalue weighted by Gasteiger charge is 2.14. The third kappa shape index (κ3) is 11.1. The van der Waals surface area contributed by atoms with E-state index in [4.69, 9.17) is 15.2 Å². The van der Waals surface area contributed by atoms with Gasteiger partial charge in [0.25, 0.3) is 0 Å². The number of nitrogens with two attached hydrogens (primary N) is 1. The molecule has 0 aromatic heterocycles. The summed E-state index contributed by atoms with van der Waals surface area (Å²) < 4.78 is 11.7. The standard InChI is InChI=1S/C36H42N2O3/c37-34-16-10-15-33(27-34)29-41-35-20-18-31(19-21-35)22-24-38(28-32-13-6-2-7-14-32)36(39)17-8-3-9-25-40-26-23-30-11-4-1-5-12-30/h1-2,4-7,10-16,18-21,27H,3,8-9,17,22-26,28-29,37H2. The number of ether oxygens (including phenoxy) is 2. The number of hydrogen-bond donors (Lipinski definition) is 1. The van der Waals surface area contributed by atoms with Gasteiger partial charge in [0, 0.05) is 31.8 Å². The van der Waals surface area contributed by atoms with Crippen LogP contribution in [0.25, 0.3) is 0 Å². The van der Waals surface area contributed by atoms with Crippen molar-refractivity contribution < 1.29 is 14.3 Å². The zero-order valence-electron chi connectivity index (χ0n) is 23.9. The second-order valence-corrected chi connectivity index (χ2v) is 10.4. The first-order valence-electron chi connectivity index (χ1n) is 14.7. The van der Waals surface area contributed by atoms with Crippen molar-refractivity contribution in [3.63, 3.8) is 0 Å². The predicted octanol–water partition coefficient (Wildman–Crippen LogP) is 7.24. The molecule has 4 rings (SSSR count). The fraction of sp³-hybridized carbons (Fsp3) is 0.306. The largest absolute Gasteiger partial charge is 0.489 e. The molecule has 2 N–H and O–H groups in total. The van der Waals surface area contributed by atoms with Gasteiger partial charge in [-0.2, -0.15) is 0 Å². The molecule has 214 valence electrons. The van der Waals surface area contributed by atoms with Crippen molar-refractivity contribution in [2.45, 2.75) is 51.7 Å². The summed E-state index contributed by atoms with van der Waals surface area (Å²) >= 11 is 0. The first-order chi connectivity index (χ1) is 20.2. The lowest BCUT2D eigenvalue weighted by molar-refractivity contribution is -0.132. The van der Waals surface area contributed by atoms with Crippen LogP contribution in [0.4, 0.5) is 5.69 Å². The second kappa shape index (κ2) is 16.9. The Labute approximate surface area is 244 Å². The van der Waals surface area contributed by atoms with E-state index >= 15 is 0 Å². The molecule has 0 saturated carbocycles. The quantitative estimate of drug-likeness (QED) is 0.111. The van der Waals surface area contributed by atoms with Crippen molar-refractivity contribution in [2.24, 2.45) is 0 Å². The second-order valence-electron chi connectivity index (χ2n) is 10.4. The summed E-state index contributed by atoms with van der Waals surface area (Å²) in [6.45, 7) is 3.27. The van der Waals surface area contributed by atoms with Gasteiger partial charge in [0.1, 0.15) is 12.4 Å². The Kier molecular flexibility index (Phi) is 12.3. The number of carbonyl (C=O) groups excluding carboxylic acids is 1. The minimum absolute atomic E-state index is 0.209. The number of rotatable bonds is 17. The molecular weight excluding hydrogens is 508 g/mol. The maximum absolute atomic E-state index is 13.2. The Hall–Kier alpha value is -4.09. The Morgan fingerprint density at radius 3 is 2.07 bits per heavy atom. The van der Waals surface area contributed by atoms with Gasteiger partial charge in [-0.3, -0.25) is 4.79 Å². The van der Waals surface area contributed by atoms with Crippen molar-refractivity contribution in [1.82, 2.24) is 4.90 Å². The van der Waals surface area contributed by atoms with Crippen LogP contribution >= 0.6 is 0 Å². The number of nitrogens with zero attached hydrogens (tertiary/aromatic N) is 1. The van der Waals surface area contributed by atoms with E-state index in [1.165, 1.54) is 11.1 Å². The average Bonchev–Trinajstić information content (AvgIpc) is 3.01. The molecule has 4 aromatic carbocycles. The minimum Gasteiger partial charge on any atom is -0.489 e. The van der Waals surface area contributed by atoms with Crippen LogP contribution in [-0.4, -0.2) is 30.6 Å². The van der Waals surface area contributed by atoms with Crippen LogP contribution in [0.2, 0.25) is 0 Å². The zero-order valence-corrected chi connectivity index (χ0v) is 23.9. The molecule has 0 aliphatic heterocycles. The minimum atomic E-state index is 0.209. The summed E-state index contributed by atoms with van der Waals surface area (Å²) in [4.78, 5) is 15.2. The molecule has 1 amide bonds. The van der Waals surface area contributed by atoms with Crippen LogP contribution < -0.4 is 10.5 Å². The molecule has 41 heavy (non-hydrogen) atoms. The third-order valence-corrected chi connectivity index (χ3v) is 7.08. The molecule has 0 saturated heterocycles. The third-order valence-electron chi connectivity index (χ3n) is 7.08. The van der Waals surface area contributed by atoms with Crippen molar-refractivity contribution in [1.29, 1.82) is 0 Å². The van der Waals surface area contributed by atoms with Gasteiger partial charge in [-0.25, -0.2) is 0 Å². The summed E-state index contributed by atoms with van der Waals surface area (Å²) in [5, 5.41) is 0. The first kappa shape index (κ1) is 29.9. The maximum Gasteiger partial charge on any atom is 0.222 e. The van der Waals surface area contributed by atoms with Crippen LogP contribution in [0.5, 0.6) is 5.75 Å². The molecule has 0 spiro atoms. The molecular formula is C36H42N2O3. The van der Waals surface area contributed by atoms with Crippen molar-refractivity contribution in [3.8, 4) is 5.75 Å². The average molecular weight is 551 g/mol. The lowest BCUT2D eigenvalue weighted by Gasteiger charge is -2.23. The number of amides is 1. The topological polar surface area (TPSA) is 64.8 Å². The van der Waals surface area contributed by atoms with Crippen LogP contribution in [0.1, 0.15) is 47.9 Å². The molecule has 0 aliphatic carbocycles. The van der Waals surface area contributed by atoms with Gasteiger partial charge >= 0.3 is 0 Å². The van der Waals surface area contributed by atoms with E-state index in [9.17, 15) is 4.79 Å². The predicted molar refractivity (Wildman–Crippen MR) is 167 cm³/mol. The summed E-state index contributed by atoms with van der Waals surface area (Å²) in [6.07, 6.45) is 5.15. The number of benzene rings is 4. The van der Waals surface area contributed by atoms with Gasteiger partial charge in [0.2, 0.25) is 5.91 Å². The molecule has 0 fully saturated rings. The molecule has 0 atom stereocenters. The fourth-order valence-electron chi connectivity index (χ4n) is 4.71. The van der Waals surface area contributed by atoms with Crippen LogP contribution in [-0.2, 0) is 35.5 Å². The van der Waals surface area contributed by atoms with E-state index < -0.39 is 0 Å². The highest BCUT2D eigenvalue weighted by molar-refractivity contribution is 5.76. The van der Waals surface area contributed by atoms with E-state index in [2.05, 4.69) is 48.5 Å². The monoisotopic (exact) mass is 550 g/mol. The van der Waals surface area contributed by atoms with Gasteiger partial charge in [-0.05, 0) is 72.2 Å². The van der Waals surface area contributed by atoms with E-state index in [1.807, 2.05) is 65.6 Å². The van der Waals surface area contributed by atoms with E-state index in [0.29, 0.717) is 26.1 Å². The Bertz CT molecular complexity index is 1290. The number of nitrogen functional groups attached to an aromatic ring is 1. The first-order valence-corrected chi connectivity index (χ1v) is 14.7. The summed E-state index contributed by atoms with van der Waals surface area (Å²) in [7, 11) is 0. The number of hydrogen-bond acceptors (Lipinski definition) is 4. The van der Waals surface area contributed by atoms with Gasteiger partial charge in [0.15, 0.2) is 0 Å². The van der Waals surface area contributed by atoms with Crippen LogP contribution in [0.15, 0.2) is 109 Å². The summed E-state index contributed by atoms with van der Waals surface area (Å²) in [6, 6.07) is 36.5. The Balaban J connectivity index is 1.19. The molecule has 0 bridgehead atoms. The van der Waals surface area contributed by atoms with Gasteiger partial charge < -0.3 is 20.1 Å². The summed E-state index contributed by atoms with van der Waals surface area (Å²) in [5.41, 5.74) is 11.3. The smallest absolute Gasteiger partial charge is 0.222 e. The van der Waals surface area contributed by atoms with Crippen LogP contribution in [0.3, 0.4) is 0 Å². The number of anilines is 1. The normalized spacial score (nSPS) is 10.8. The van der Waals surface area contributed by atoms with Crippen molar-refractivity contribution in [3.05, 3.63) is 131 Å². The fourth-order valence-corrected chi connectivity index (χ4v) is 4.71.